The van der Waals surface area contributed by atoms with Gasteiger partial charge in [-0.2, -0.15) is 0 Å². The van der Waals surface area contributed by atoms with E-state index in [1.54, 1.807) is 42.5 Å². The lowest BCUT2D eigenvalue weighted by atomic mass is 9.94. The van der Waals surface area contributed by atoms with Gasteiger partial charge < -0.3 is 19.5 Å². The molecule has 1 aliphatic heterocycles. The highest BCUT2D eigenvalue weighted by Crippen LogP contribution is 2.40. The zero-order valence-electron chi connectivity index (χ0n) is 20.1. The Morgan fingerprint density at radius 1 is 1.06 bits per heavy atom. The Balaban J connectivity index is 2.07. The second-order valence-corrected chi connectivity index (χ2v) is 8.34. The molecule has 1 heterocycles. The molecule has 1 unspecified atom stereocenters. The predicted octanol–water partition coefficient (Wildman–Crippen LogP) is 4.93. The number of esters is 1. The van der Waals surface area contributed by atoms with Gasteiger partial charge in [0.25, 0.3) is 11.7 Å². The summed E-state index contributed by atoms with van der Waals surface area (Å²) in [6.07, 6.45) is 2.44. The summed E-state index contributed by atoms with van der Waals surface area (Å²) in [6, 6.07) is 11.1. The van der Waals surface area contributed by atoms with Crippen molar-refractivity contribution in [2.45, 2.75) is 53.0 Å². The molecule has 7 heteroatoms. The molecule has 1 saturated heterocycles. The highest BCUT2D eigenvalue weighted by Gasteiger charge is 2.45. The summed E-state index contributed by atoms with van der Waals surface area (Å²) in [5.74, 6) is -0.949. The average molecular weight is 466 g/mol. The lowest BCUT2D eigenvalue weighted by molar-refractivity contribution is -0.139. The minimum Gasteiger partial charge on any atom is -0.507 e. The SMILES string of the molecule is CCCCN1C(=O)C(=O)/C(=C(\O)c2ccc(OCCC)c(C)c2)C1c1ccc(OC(C)=O)cc1. The smallest absolute Gasteiger partial charge is 0.308 e. The molecule has 0 spiro atoms. The van der Waals surface area contributed by atoms with Gasteiger partial charge in [0.15, 0.2) is 0 Å². The van der Waals surface area contributed by atoms with Crippen LogP contribution in [0, 0.1) is 6.92 Å². The minimum atomic E-state index is -0.741. The molecule has 180 valence electrons. The van der Waals surface area contributed by atoms with Crippen LogP contribution in [0.5, 0.6) is 11.5 Å². The van der Waals surface area contributed by atoms with Crippen molar-refractivity contribution in [3.8, 4) is 11.5 Å². The molecule has 1 aliphatic rings. The van der Waals surface area contributed by atoms with Crippen LogP contribution in [0.2, 0.25) is 0 Å². The first-order chi connectivity index (χ1) is 16.3. The van der Waals surface area contributed by atoms with E-state index < -0.39 is 23.7 Å². The maximum atomic E-state index is 13.1. The molecule has 7 nitrogen and oxygen atoms in total. The van der Waals surface area contributed by atoms with Crippen molar-refractivity contribution < 1.29 is 29.0 Å². The number of hydrogen-bond acceptors (Lipinski definition) is 6. The second kappa shape index (κ2) is 11.0. The van der Waals surface area contributed by atoms with Crippen LogP contribution < -0.4 is 9.47 Å². The lowest BCUT2D eigenvalue weighted by Gasteiger charge is -2.25. The highest BCUT2D eigenvalue weighted by atomic mass is 16.5. The summed E-state index contributed by atoms with van der Waals surface area (Å²) < 4.78 is 10.8. The van der Waals surface area contributed by atoms with Crippen LogP contribution in [0.4, 0.5) is 0 Å². The summed E-state index contributed by atoms with van der Waals surface area (Å²) in [4.78, 5) is 38.8. The number of carbonyl (C=O) groups is 3. The highest BCUT2D eigenvalue weighted by molar-refractivity contribution is 6.46. The van der Waals surface area contributed by atoms with Crippen LogP contribution in [0.15, 0.2) is 48.0 Å². The van der Waals surface area contributed by atoms with Crippen molar-refractivity contribution in [2.24, 2.45) is 0 Å². The van der Waals surface area contributed by atoms with E-state index in [2.05, 4.69) is 0 Å². The number of ether oxygens (including phenoxy) is 2. The number of rotatable bonds is 9. The van der Waals surface area contributed by atoms with E-state index in [0.717, 1.165) is 24.8 Å². The number of aryl methyl sites for hydroxylation is 1. The van der Waals surface area contributed by atoms with E-state index >= 15 is 0 Å². The number of ketones is 1. The number of aliphatic hydroxyl groups is 1. The molecule has 1 atom stereocenters. The second-order valence-electron chi connectivity index (χ2n) is 8.34. The number of carbonyl (C=O) groups excluding carboxylic acids is 3. The van der Waals surface area contributed by atoms with Crippen LogP contribution in [-0.4, -0.2) is 40.8 Å². The van der Waals surface area contributed by atoms with Gasteiger partial charge in [0.2, 0.25) is 0 Å². The minimum absolute atomic E-state index is 0.0444. The summed E-state index contributed by atoms with van der Waals surface area (Å²) in [5, 5.41) is 11.2. The standard InChI is InChI=1S/C27H31NO6/c1-5-7-14-28-24(19-8-11-21(12-9-19)34-18(4)29)23(26(31)27(28)32)25(30)20-10-13-22(17(3)16-20)33-15-6-2/h8-13,16,24,30H,5-7,14-15H2,1-4H3/b25-23-. The van der Waals surface area contributed by atoms with Gasteiger partial charge in [0.05, 0.1) is 18.2 Å². The summed E-state index contributed by atoms with van der Waals surface area (Å²) in [6.45, 7) is 8.17. The Kier molecular flexibility index (Phi) is 8.10. The number of unbranched alkanes of at least 4 members (excludes halogenated alkanes) is 1. The third-order valence-electron chi connectivity index (χ3n) is 5.66. The zero-order chi connectivity index (χ0) is 24.8. The number of amides is 1. The molecule has 2 aromatic carbocycles. The van der Waals surface area contributed by atoms with Crippen molar-refractivity contribution in [3.05, 3.63) is 64.7 Å². The maximum absolute atomic E-state index is 13.1. The van der Waals surface area contributed by atoms with Gasteiger partial charge in [-0.25, -0.2) is 0 Å². The number of likely N-dealkylation sites (tertiary alicyclic amines) is 1. The van der Waals surface area contributed by atoms with Crippen molar-refractivity contribution in [1.29, 1.82) is 0 Å². The zero-order valence-corrected chi connectivity index (χ0v) is 20.1. The van der Waals surface area contributed by atoms with Gasteiger partial charge in [0.1, 0.15) is 17.3 Å². The van der Waals surface area contributed by atoms with Gasteiger partial charge in [-0.05, 0) is 61.2 Å². The van der Waals surface area contributed by atoms with Gasteiger partial charge >= 0.3 is 5.97 Å². The Morgan fingerprint density at radius 3 is 2.35 bits per heavy atom. The largest absolute Gasteiger partial charge is 0.507 e. The summed E-state index contributed by atoms with van der Waals surface area (Å²) in [5.41, 5.74) is 1.95. The fourth-order valence-electron chi connectivity index (χ4n) is 4.00. The molecule has 0 aliphatic carbocycles. The third kappa shape index (κ3) is 5.30. The van der Waals surface area contributed by atoms with E-state index in [-0.39, 0.29) is 11.3 Å². The maximum Gasteiger partial charge on any atom is 0.308 e. The van der Waals surface area contributed by atoms with Crippen molar-refractivity contribution in [3.63, 3.8) is 0 Å². The van der Waals surface area contributed by atoms with Crippen LogP contribution in [0.1, 0.15) is 62.8 Å². The van der Waals surface area contributed by atoms with Gasteiger partial charge in [-0.3, -0.25) is 14.4 Å². The Morgan fingerprint density at radius 2 is 1.76 bits per heavy atom. The molecule has 0 aromatic heterocycles. The third-order valence-corrected chi connectivity index (χ3v) is 5.66. The Hall–Kier alpha value is -3.61. The molecule has 0 bridgehead atoms. The fraction of sp³-hybridized carbons (Fsp3) is 0.370. The summed E-state index contributed by atoms with van der Waals surface area (Å²) >= 11 is 0. The molecule has 0 saturated carbocycles. The monoisotopic (exact) mass is 465 g/mol. The van der Waals surface area contributed by atoms with E-state index in [1.807, 2.05) is 20.8 Å². The number of benzene rings is 2. The molecule has 34 heavy (non-hydrogen) atoms. The van der Waals surface area contributed by atoms with E-state index in [1.165, 1.54) is 11.8 Å². The first-order valence-corrected chi connectivity index (χ1v) is 11.6. The van der Waals surface area contributed by atoms with Gasteiger partial charge in [-0.15, -0.1) is 0 Å². The van der Waals surface area contributed by atoms with Crippen LogP contribution in [0.3, 0.4) is 0 Å². The molecule has 3 rings (SSSR count). The first-order valence-electron chi connectivity index (χ1n) is 11.6. The molecule has 0 radical (unpaired) electrons. The van der Waals surface area contributed by atoms with Crippen LogP contribution in [-0.2, 0) is 14.4 Å². The Labute approximate surface area is 200 Å². The predicted molar refractivity (Wildman–Crippen MR) is 129 cm³/mol. The van der Waals surface area contributed by atoms with Crippen molar-refractivity contribution in [2.75, 3.05) is 13.2 Å². The normalized spacial score (nSPS) is 17.2. The molecule has 1 N–H and O–H groups in total. The van der Waals surface area contributed by atoms with E-state index in [0.29, 0.717) is 35.8 Å². The first kappa shape index (κ1) is 25.0. The van der Waals surface area contributed by atoms with Crippen molar-refractivity contribution >= 4 is 23.4 Å². The Bertz CT molecular complexity index is 1100. The topological polar surface area (TPSA) is 93.1 Å². The molecular formula is C27H31NO6. The molecule has 1 amide bonds. The fourth-order valence-corrected chi connectivity index (χ4v) is 4.00. The lowest BCUT2D eigenvalue weighted by Crippen LogP contribution is -2.30. The van der Waals surface area contributed by atoms with E-state index in [4.69, 9.17) is 9.47 Å². The summed E-state index contributed by atoms with van der Waals surface area (Å²) in [7, 11) is 0. The molecular weight excluding hydrogens is 434 g/mol. The molecule has 2 aromatic rings. The van der Waals surface area contributed by atoms with Crippen LogP contribution in [0.25, 0.3) is 5.76 Å². The van der Waals surface area contributed by atoms with Crippen molar-refractivity contribution in [1.82, 2.24) is 4.90 Å². The van der Waals surface area contributed by atoms with Gasteiger partial charge in [0, 0.05) is 19.0 Å². The quantitative estimate of drug-likeness (QED) is 0.186. The van der Waals surface area contributed by atoms with Gasteiger partial charge in [-0.1, -0.05) is 32.4 Å². The number of hydrogen-bond donors (Lipinski definition) is 1. The number of aliphatic hydroxyl groups excluding tert-OH is 1. The van der Waals surface area contributed by atoms with Crippen LogP contribution >= 0.6 is 0 Å². The molecule has 1 fully saturated rings. The number of Topliss-reactive ketones (excluding diaryl/α,β-unsaturated/α-hetero) is 1. The van der Waals surface area contributed by atoms with E-state index in [9.17, 15) is 19.5 Å². The average Bonchev–Trinajstić information content (AvgIpc) is 3.06. The number of nitrogens with zero attached hydrogens (tertiary/aromatic N) is 1.